The summed E-state index contributed by atoms with van der Waals surface area (Å²) in [6, 6.07) is 16.7. The van der Waals surface area contributed by atoms with E-state index in [1.807, 2.05) is 0 Å². The molecule has 0 saturated heterocycles. The first-order valence-corrected chi connectivity index (χ1v) is 26.9. The molecule has 3 unspecified atom stereocenters. The molecule has 0 saturated carbocycles. The van der Waals surface area contributed by atoms with Gasteiger partial charge in [0.1, 0.15) is 80.9 Å². The van der Waals surface area contributed by atoms with Crippen LogP contribution in [0.4, 0.5) is 0 Å². The molecule has 0 aliphatic carbocycles. The van der Waals surface area contributed by atoms with E-state index in [4.69, 9.17) is 33.9 Å². The van der Waals surface area contributed by atoms with E-state index in [0.717, 1.165) is 11.6 Å². The minimum absolute atomic E-state index is 0.000440. The van der Waals surface area contributed by atoms with Gasteiger partial charge in [0.05, 0.1) is 0 Å². The smallest absolute Gasteiger partial charge is 0.342 e. The van der Waals surface area contributed by atoms with Gasteiger partial charge in [-0.25, -0.2) is 19.2 Å². The molecule has 0 fully saturated rings. The Morgan fingerprint density at radius 3 is 1.08 bits per heavy atom. The Labute approximate surface area is 424 Å². The van der Waals surface area contributed by atoms with Gasteiger partial charge in [0.25, 0.3) is 0 Å². The maximum absolute atomic E-state index is 12.1. The number of ether oxygens (including phenoxy) is 5. The van der Waals surface area contributed by atoms with Crippen LogP contribution in [-0.4, -0.2) is 86.8 Å². The summed E-state index contributed by atoms with van der Waals surface area (Å²) in [6.07, 6.45) is 3.33. The predicted molar refractivity (Wildman–Crippen MR) is 285 cm³/mol. The second-order valence-corrected chi connectivity index (χ2v) is 20.6. The summed E-state index contributed by atoms with van der Waals surface area (Å²) in [6.45, 7) is 21.8. The highest BCUT2D eigenvalue weighted by molar-refractivity contribution is 8.33. The van der Waals surface area contributed by atoms with Crippen LogP contribution in [0.2, 0.25) is 0 Å². The molecule has 3 N–H and O–H groups in total. The van der Waals surface area contributed by atoms with E-state index in [0.29, 0.717) is 30.0 Å². The summed E-state index contributed by atoms with van der Waals surface area (Å²) in [4.78, 5) is 99.7. The molecule has 0 aliphatic rings. The number of phenols is 2. The van der Waals surface area contributed by atoms with Crippen molar-refractivity contribution >= 4 is 104 Å². The normalized spacial score (nSPS) is 10.1. The number of aldehydes is 3. The number of carboxylic acid groups (broad SMARTS) is 1. The third kappa shape index (κ3) is 28.6. The number of aromatic hydroxyl groups is 2. The summed E-state index contributed by atoms with van der Waals surface area (Å²) >= 11 is 0. The second kappa shape index (κ2) is 33.0. The molecule has 71 heavy (non-hydrogen) atoms. The highest BCUT2D eigenvalue weighted by Gasteiger charge is 2.24. The SMILES string of the molecule is C=Cc1ccc(OC(C)=O)c(C(=O)OC(C)(C)C)c1.CC(=O)Oc1ccc(C=O)cc1C(=O)OC(C)(C)C.CC(C)(C)OC(=O)c1cc(C=O)ccc1O.O=Cc1ccc(O)c(C(=O)O)c1.P[P-]P.[PH-]P. The van der Waals surface area contributed by atoms with Gasteiger partial charge >= 0.3 is 35.8 Å². The molecule has 0 amide bonds. The zero-order valence-electron chi connectivity index (χ0n) is 41.2. The maximum atomic E-state index is 12.1. The van der Waals surface area contributed by atoms with Crippen molar-refractivity contribution in [3.8, 4) is 23.0 Å². The van der Waals surface area contributed by atoms with Crippen molar-refractivity contribution in [1.29, 1.82) is 0 Å². The Bertz CT molecular complexity index is 2390. The van der Waals surface area contributed by atoms with Crippen molar-refractivity contribution in [2.75, 3.05) is 0 Å². The predicted octanol–water partition coefficient (Wildman–Crippen LogP) is 11.1. The van der Waals surface area contributed by atoms with Crippen molar-refractivity contribution in [3.05, 3.63) is 124 Å². The van der Waals surface area contributed by atoms with Crippen molar-refractivity contribution in [3.63, 3.8) is 0 Å². The molecular formula is C49H61O17P5-2. The minimum atomic E-state index is -1.25. The fourth-order valence-corrected chi connectivity index (χ4v) is 4.69. The van der Waals surface area contributed by atoms with Gasteiger partial charge < -0.3 is 64.8 Å². The van der Waals surface area contributed by atoms with Crippen molar-refractivity contribution in [1.82, 2.24) is 0 Å². The Kier molecular flexibility index (Phi) is 31.2. The number of benzene rings is 4. The van der Waals surface area contributed by atoms with Crippen LogP contribution in [0.3, 0.4) is 0 Å². The summed E-state index contributed by atoms with van der Waals surface area (Å²) in [7, 11) is 11.4. The molecule has 4 aromatic rings. The Hall–Kier alpha value is -5.80. The van der Waals surface area contributed by atoms with E-state index in [-0.39, 0.29) is 50.8 Å². The van der Waals surface area contributed by atoms with E-state index in [2.05, 4.69) is 42.3 Å². The number of esters is 5. The summed E-state index contributed by atoms with van der Waals surface area (Å²) < 4.78 is 25.5. The first-order chi connectivity index (χ1) is 32.8. The average molecular weight is 1080 g/mol. The van der Waals surface area contributed by atoms with Crippen LogP contribution < -0.4 is 9.47 Å². The first-order valence-electron chi connectivity index (χ1n) is 20.5. The van der Waals surface area contributed by atoms with Gasteiger partial charge in [-0.1, -0.05) is 18.7 Å². The molecule has 0 aromatic heterocycles. The third-order valence-electron chi connectivity index (χ3n) is 7.29. The van der Waals surface area contributed by atoms with Gasteiger partial charge in [0.15, 0.2) is 0 Å². The van der Waals surface area contributed by atoms with Crippen LogP contribution in [0.15, 0.2) is 79.4 Å². The number of rotatable bonds is 10. The monoisotopic (exact) mass is 1080 g/mol. The van der Waals surface area contributed by atoms with Crippen molar-refractivity contribution in [2.24, 2.45) is 0 Å². The molecule has 3 atom stereocenters. The van der Waals surface area contributed by atoms with E-state index < -0.39 is 52.6 Å². The van der Waals surface area contributed by atoms with Gasteiger partial charge in [0, 0.05) is 30.5 Å². The lowest BCUT2D eigenvalue weighted by atomic mass is 10.1. The van der Waals surface area contributed by atoms with Crippen molar-refractivity contribution in [2.45, 2.75) is 93.0 Å². The van der Waals surface area contributed by atoms with Gasteiger partial charge in [-0.2, -0.15) is 0 Å². The fourth-order valence-electron chi connectivity index (χ4n) is 4.69. The lowest BCUT2D eigenvalue weighted by molar-refractivity contribution is -0.132. The first kappa shape index (κ1) is 67.3. The average Bonchev–Trinajstić information content (AvgIpc) is 3.26. The second-order valence-electron chi connectivity index (χ2n) is 16.8. The molecular weight excluding hydrogens is 1020 g/mol. The van der Waals surface area contributed by atoms with E-state index in [1.54, 1.807) is 86.6 Å². The van der Waals surface area contributed by atoms with Crippen LogP contribution in [0.1, 0.15) is 154 Å². The number of phenolic OH excluding ortho intramolecular Hbond substituents is 1. The lowest BCUT2D eigenvalue weighted by Crippen LogP contribution is -2.24. The third-order valence-corrected chi connectivity index (χ3v) is 7.29. The van der Waals surface area contributed by atoms with Crippen molar-refractivity contribution < 1.29 is 82.2 Å². The zero-order valence-corrected chi connectivity index (χ0v) is 46.5. The van der Waals surface area contributed by atoms with Crippen LogP contribution in [0, 0.1) is 0 Å². The molecule has 17 nitrogen and oxygen atoms in total. The van der Waals surface area contributed by atoms with Crippen LogP contribution in [0.5, 0.6) is 23.0 Å². The van der Waals surface area contributed by atoms with E-state index >= 15 is 0 Å². The molecule has 386 valence electrons. The zero-order chi connectivity index (χ0) is 55.4. The van der Waals surface area contributed by atoms with E-state index in [9.17, 15) is 48.3 Å². The van der Waals surface area contributed by atoms with Crippen LogP contribution >= 0.6 is 43.7 Å². The molecule has 0 aliphatic heterocycles. The van der Waals surface area contributed by atoms with Crippen LogP contribution in [0.25, 0.3) is 6.08 Å². The van der Waals surface area contributed by atoms with Gasteiger partial charge in [-0.15, -0.1) is 0 Å². The Balaban J connectivity index is 0. The minimum Gasteiger partial charge on any atom is -0.533 e. The van der Waals surface area contributed by atoms with E-state index in [1.165, 1.54) is 70.3 Å². The number of aromatic carboxylic acids is 1. The lowest BCUT2D eigenvalue weighted by Gasteiger charge is -2.20. The number of carbonyl (C=O) groups is 9. The Morgan fingerprint density at radius 2 is 0.789 bits per heavy atom. The molecule has 22 heteroatoms. The maximum Gasteiger partial charge on any atom is 0.342 e. The summed E-state index contributed by atoms with van der Waals surface area (Å²) in [5.41, 5.74) is -0.342. The molecule has 0 radical (unpaired) electrons. The van der Waals surface area contributed by atoms with Crippen LogP contribution in [-0.2, 0) is 23.8 Å². The molecule has 0 heterocycles. The molecule has 4 rings (SSSR count). The summed E-state index contributed by atoms with van der Waals surface area (Å²) in [5, 5.41) is 27.0. The number of carbonyl (C=O) groups excluding carboxylic acids is 8. The van der Waals surface area contributed by atoms with Gasteiger partial charge in [0.2, 0.25) is 0 Å². The number of hydrogen-bond acceptors (Lipinski definition) is 16. The fraction of sp³-hybridized carbons (Fsp3) is 0.286. The Morgan fingerprint density at radius 1 is 0.521 bits per heavy atom. The molecule has 0 bridgehead atoms. The van der Waals surface area contributed by atoms with Gasteiger partial charge in [-0.3, -0.25) is 41.8 Å². The highest BCUT2D eigenvalue weighted by Crippen LogP contribution is 2.28. The largest absolute Gasteiger partial charge is 0.533 e. The number of hydrogen-bond donors (Lipinski definition) is 3. The molecule has 4 aromatic carbocycles. The number of carboxylic acids is 1. The highest BCUT2D eigenvalue weighted by atomic mass is 32.4. The van der Waals surface area contributed by atoms with Gasteiger partial charge in [-0.05, 0) is 135 Å². The summed E-state index contributed by atoms with van der Waals surface area (Å²) in [5.74, 6) is -4.39. The quantitative estimate of drug-likeness (QED) is 0.0438. The molecule has 0 spiro atoms. The standard InChI is InChI=1S/C15H18O4.C14H16O5.C12H14O4.C8H6O4.H4P3.H3P2/c1-6-11-7-8-13(18-10(2)16)12(9-11)14(17)19-15(3,4)5;1-9(16)18-12-6-5-10(8-15)7-11(12)13(17)19-14(2,3)4;1-12(2,3)16-11(15)9-6-8(7-13)4-5-10(9)14;9-4-5-1-2-7(10)6(3-5)8(11)12;1-3-2;1-2/h6-9H,1H2,2-5H3;5-8H,1-4H3;4-7,14H,1-3H3;1-4,10H,(H,11,12);1-2H2;1H,2H2/q;;;;2*-1. The topological polar surface area (TPSA) is 260 Å².